The van der Waals surface area contributed by atoms with Crippen LogP contribution in [0.2, 0.25) is 0 Å². The zero-order valence-electron chi connectivity index (χ0n) is 11.0. The fraction of sp³-hybridized carbons (Fsp3) is 0.533. The van der Waals surface area contributed by atoms with E-state index in [1.54, 1.807) is 0 Å². The lowest BCUT2D eigenvalue weighted by atomic mass is 10.1. The summed E-state index contributed by atoms with van der Waals surface area (Å²) in [5, 5.41) is 0. The van der Waals surface area contributed by atoms with E-state index < -0.39 is 5.00 Å². The summed E-state index contributed by atoms with van der Waals surface area (Å²) in [7, 11) is 0. The van der Waals surface area contributed by atoms with Crippen molar-refractivity contribution < 1.29 is 4.79 Å². The number of carbonyl (C=O) groups excluding carboxylic acids is 1. The third kappa shape index (κ3) is 2.31. The number of hydrogen-bond acceptors (Lipinski definition) is 3. The fourth-order valence-electron chi connectivity index (χ4n) is 3.12. The van der Waals surface area contributed by atoms with E-state index in [1.165, 1.54) is 24.8 Å². The predicted molar refractivity (Wildman–Crippen MR) is 75.9 cm³/mol. The number of piperidine rings is 1. The summed E-state index contributed by atoms with van der Waals surface area (Å²) in [5.41, 5.74) is 2.12. The molecule has 1 fully saturated rings. The molecule has 3 nitrogen and oxygen atoms in total. The van der Waals surface area contributed by atoms with Crippen LogP contribution in [-0.4, -0.2) is 35.8 Å². The van der Waals surface area contributed by atoms with Gasteiger partial charge in [-0.25, -0.2) is 0 Å². The molecule has 2 aliphatic heterocycles. The number of benzene rings is 1. The van der Waals surface area contributed by atoms with E-state index in [0.29, 0.717) is 0 Å². The molecule has 3 rings (SSSR count). The van der Waals surface area contributed by atoms with Crippen molar-refractivity contribution in [3.05, 3.63) is 35.4 Å². The lowest BCUT2D eigenvalue weighted by molar-refractivity contribution is -0.115. The first-order valence-electron chi connectivity index (χ1n) is 6.95. The average molecular weight is 279 g/mol. The molecule has 0 N–H and O–H groups in total. The lowest BCUT2D eigenvalue weighted by Crippen LogP contribution is -2.46. The number of fused-ring (bicyclic) bond motifs is 1. The van der Waals surface area contributed by atoms with Gasteiger partial charge in [0.1, 0.15) is 0 Å². The number of carbonyl (C=O) groups is 1. The molecule has 102 valence electrons. The minimum absolute atomic E-state index is 0.759. The van der Waals surface area contributed by atoms with Gasteiger partial charge in [0, 0.05) is 6.54 Å². The highest BCUT2D eigenvalue weighted by Crippen LogP contribution is 2.41. The van der Waals surface area contributed by atoms with Crippen LogP contribution in [0.3, 0.4) is 0 Å². The average Bonchev–Trinajstić information content (AvgIpc) is 2.74. The Morgan fingerprint density at radius 1 is 1.21 bits per heavy atom. The normalized spacial score (nSPS) is 28.3. The van der Waals surface area contributed by atoms with Gasteiger partial charge in [0.05, 0.1) is 6.67 Å². The zero-order valence-corrected chi connectivity index (χ0v) is 11.8. The zero-order chi connectivity index (χ0) is 13.3. The Kier molecular flexibility index (Phi) is 3.61. The molecule has 1 aromatic rings. The van der Waals surface area contributed by atoms with Gasteiger partial charge in [0.15, 0.2) is 11.3 Å². The van der Waals surface area contributed by atoms with Crippen LogP contribution < -0.4 is 0 Å². The lowest BCUT2D eigenvalue weighted by Gasteiger charge is -2.35. The Balaban J connectivity index is 1.81. The van der Waals surface area contributed by atoms with Crippen molar-refractivity contribution in [1.82, 2.24) is 9.80 Å². The van der Waals surface area contributed by atoms with Crippen LogP contribution in [-0.2, 0) is 16.3 Å². The van der Waals surface area contributed by atoms with Gasteiger partial charge in [-0.05, 0) is 37.1 Å². The van der Waals surface area contributed by atoms with Crippen LogP contribution >= 0.6 is 11.6 Å². The second-order valence-corrected chi connectivity index (χ2v) is 6.04. The number of aldehydes is 1. The summed E-state index contributed by atoms with van der Waals surface area (Å²) in [6.45, 7) is 3.75. The van der Waals surface area contributed by atoms with Crippen molar-refractivity contribution in [2.75, 3.05) is 19.8 Å². The number of hydrogen-bond donors (Lipinski definition) is 0. The summed E-state index contributed by atoms with van der Waals surface area (Å²) in [4.78, 5) is 15.1. The smallest absolute Gasteiger partial charge is 0.179 e. The molecule has 1 atom stereocenters. The van der Waals surface area contributed by atoms with Crippen LogP contribution in [0.1, 0.15) is 30.4 Å². The molecule has 0 radical (unpaired) electrons. The van der Waals surface area contributed by atoms with Crippen LogP contribution in [0.25, 0.3) is 0 Å². The molecule has 0 bridgehead atoms. The second-order valence-electron chi connectivity index (χ2n) is 5.47. The Hall–Kier alpha value is -0.900. The molecule has 0 amide bonds. The number of likely N-dealkylation sites (tertiary alicyclic amines) is 1. The van der Waals surface area contributed by atoms with Crippen molar-refractivity contribution in [2.24, 2.45) is 0 Å². The van der Waals surface area contributed by atoms with Crippen molar-refractivity contribution in [3.63, 3.8) is 0 Å². The van der Waals surface area contributed by atoms with Crippen LogP contribution in [0.5, 0.6) is 0 Å². The highest BCUT2D eigenvalue weighted by Gasteiger charge is 2.44. The van der Waals surface area contributed by atoms with Gasteiger partial charge >= 0.3 is 0 Å². The van der Waals surface area contributed by atoms with Gasteiger partial charge in [-0.3, -0.25) is 14.6 Å². The Morgan fingerprint density at radius 2 is 1.95 bits per heavy atom. The fourth-order valence-corrected chi connectivity index (χ4v) is 3.42. The molecule has 1 saturated heterocycles. The maximum absolute atomic E-state index is 11.6. The maximum atomic E-state index is 11.6. The van der Waals surface area contributed by atoms with E-state index in [0.717, 1.165) is 38.2 Å². The van der Waals surface area contributed by atoms with Crippen LogP contribution in [0.15, 0.2) is 24.3 Å². The standard InChI is InChI=1S/C15H19ClN2O/c16-15(11-19)14-7-3-2-6-13(14)10-18(15)12-17-8-4-1-5-9-17/h2-3,6-7,11H,1,4-5,8-10,12H2. The van der Waals surface area contributed by atoms with E-state index in [9.17, 15) is 4.79 Å². The molecule has 0 saturated carbocycles. The van der Waals surface area contributed by atoms with Gasteiger partial charge in [-0.2, -0.15) is 0 Å². The maximum Gasteiger partial charge on any atom is 0.179 e. The summed E-state index contributed by atoms with van der Waals surface area (Å²) >= 11 is 6.60. The largest absolute Gasteiger partial charge is 0.299 e. The molecule has 2 aliphatic rings. The topological polar surface area (TPSA) is 23.6 Å². The van der Waals surface area contributed by atoms with E-state index >= 15 is 0 Å². The van der Waals surface area contributed by atoms with Crippen molar-refractivity contribution in [3.8, 4) is 0 Å². The second kappa shape index (κ2) is 5.23. The molecule has 0 aromatic heterocycles. The first kappa shape index (κ1) is 13.1. The highest BCUT2D eigenvalue weighted by molar-refractivity contribution is 6.31. The van der Waals surface area contributed by atoms with Gasteiger partial charge in [0.2, 0.25) is 0 Å². The number of alkyl halides is 1. The Morgan fingerprint density at radius 3 is 2.68 bits per heavy atom. The Labute approximate surface area is 119 Å². The molecular formula is C15H19ClN2O. The molecule has 1 unspecified atom stereocenters. The first-order chi connectivity index (χ1) is 9.24. The van der Waals surface area contributed by atoms with E-state index in [4.69, 9.17) is 11.6 Å². The van der Waals surface area contributed by atoms with Gasteiger partial charge < -0.3 is 0 Å². The quantitative estimate of drug-likeness (QED) is 0.482. The first-order valence-corrected chi connectivity index (χ1v) is 7.33. The summed E-state index contributed by atoms with van der Waals surface area (Å²) in [5.74, 6) is 0. The number of halogens is 1. The summed E-state index contributed by atoms with van der Waals surface area (Å²) in [6.07, 6.45) is 4.69. The minimum atomic E-state index is -0.978. The van der Waals surface area contributed by atoms with Gasteiger partial charge in [0.25, 0.3) is 0 Å². The van der Waals surface area contributed by atoms with Crippen molar-refractivity contribution in [2.45, 2.75) is 30.8 Å². The van der Waals surface area contributed by atoms with E-state index in [1.807, 2.05) is 18.2 Å². The molecule has 2 heterocycles. The van der Waals surface area contributed by atoms with Crippen LogP contribution in [0, 0.1) is 0 Å². The molecule has 19 heavy (non-hydrogen) atoms. The molecule has 4 heteroatoms. The molecule has 0 aliphatic carbocycles. The van der Waals surface area contributed by atoms with Gasteiger partial charge in [-0.15, -0.1) is 0 Å². The molecular weight excluding hydrogens is 260 g/mol. The Bertz CT molecular complexity index is 473. The number of nitrogens with zero attached hydrogens (tertiary/aromatic N) is 2. The third-order valence-corrected chi connectivity index (χ3v) is 4.72. The number of rotatable bonds is 3. The van der Waals surface area contributed by atoms with Crippen molar-refractivity contribution in [1.29, 1.82) is 0 Å². The highest BCUT2D eigenvalue weighted by atomic mass is 35.5. The predicted octanol–water partition coefficient (Wildman–Crippen LogP) is 2.54. The van der Waals surface area contributed by atoms with Gasteiger partial charge in [-0.1, -0.05) is 42.3 Å². The molecule has 1 aromatic carbocycles. The molecule has 0 spiro atoms. The van der Waals surface area contributed by atoms with E-state index in [2.05, 4.69) is 15.9 Å². The summed E-state index contributed by atoms with van der Waals surface area (Å²) in [6, 6.07) is 7.98. The minimum Gasteiger partial charge on any atom is -0.299 e. The third-order valence-electron chi connectivity index (χ3n) is 4.19. The SMILES string of the molecule is O=CC1(Cl)c2ccccc2CN1CN1CCCCC1. The summed E-state index contributed by atoms with van der Waals surface area (Å²) < 4.78 is 0. The monoisotopic (exact) mass is 278 g/mol. The van der Waals surface area contributed by atoms with Crippen molar-refractivity contribution >= 4 is 17.9 Å². The van der Waals surface area contributed by atoms with Crippen LogP contribution in [0.4, 0.5) is 0 Å². The van der Waals surface area contributed by atoms with E-state index in [-0.39, 0.29) is 0 Å².